The van der Waals surface area contributed by atoms with Crippen LogP contribution in [0.2, 0.25) is 54.4 Å². The third-order valence-electron chi connectivity index (χ3n) is 15.1. The minimum atomic E-state index is -2.07. The van der Waals surface area contributed by atoms with E-state index in [1.807, 2.05) is 32.9 Å². The molecule has 0 amide bonds. The van der Waals surface area contributed by atoms with Crippen molar-refractivity contribution in [3.05, 3.63) is 36.0 Å². The van der Waals surface area contributed by atoms with Gasteiger partial charge in [0.05, 0.1) is 30.3 Å². The molecule has 1 fully saturated rings. The minimum Gasteiger partial charge on any atom is -0.457 e. The van der Waals surface area contributed by atoms with Gasteiger partial charge >= 0.3 is 11.9 Å². The standard InChI is InChI=1S/C49H92O9Si3/c1-18-42(57-60(22-5,23-6)24-7)39(13)47-43(54-47)36-48(15,58-61(25-8,26-9)27-10)33-28-29-37(11)46-38(12)30-31-44(53-40(14)50)49(16,52-17)34-32-41(35-45(51)55-46)56-59(19-2,20-3)21-4/h28-31,33,38-39,41-44,46-47H,18-27,32,34-36H2,1-17H3/b31-30+,33-28+,37-29+/t38-,39?,41+,42?,43-,44-,46+,47-,48?,49+/m0/s1. The summed E-state index contributed by atoms with van der Waals surface area (Å²) in [6.45, 7) is 34.6. The van der Waals surface area contributed by atoms with E-state index in [2.05, 4.69) is 101 Å². The van der Waals surface area contributed by atoms with E-state index >= 15 is 0 Å². The lowest BCUT2D eigenvalue weighted by Crippen LogP contribution is -2.46. The van der Waals surface area contributed by atoms with E-state index in [4.69, 9.17) is 32.2 Å². The molecule has 0 aromatic carbocycles. The number of rotatable bonds is 25. The fourth-order valence-corrected chi connectivity index (χ4v) is 18.7. The lowest BCUT2D eigenvalue weighted by Gasteiger charge is -2.39. The number of hydrogen-bond donors (Lipinski definition) is 0. The van der Waals surface area contributed by atoms with Gasteiger partial charge in [-0.25, -0.2) is 0 Å². The second-order valence-electron chi connectivity index (χ2n) is 18.9. The van der Waals surface area contributed by atoms with Crippen molar-refractivity contribution in [3.8, 4) is 0 Å². The van der Waals surface area contributed by atoms with Crippen LogP contribution in [-0.2, 0) is 41.8 Å². The molecule has 0 aromatic heterocycles. The van der Waals surface area contributed by atoms with Crippen molar-refractivity contribution < 1.29 is 41.8 Å². The van der Waals surface area contributed by atoms with Crippen molar-refractivity contribution in [1.82, 2.24) is 0 Å². The molecule has 0 aromatic rings. The Kier molecular flexibility index (Phi) is 23.2. The Hall–Kier alpha value is -1.39. The van der Waals surface area contributed by atoms with E-state index in [1.54, 1.807) is 7.11 Å². The highest BCUT2D eigenvalue weighted by atomic mass is 28.4. The fraction of sp³-hybridized carbons (Fsp3) is 0.837. The Bertz CT molecular complexity index is 1400. The van der Waals surface area contributed by atoms with E-state index in [1.165, 1.54) is 6.92 Å². The SMILES string of the molecule is CCC(O[Si](CC)(CC)CC)C(C)[C@@H]1O[C@H]1CC(C)(/C=C/C=C(\C)[C@H]1OC(=O)C[C@H](O[Si](CC)(CC)CC)CC[C@@](C)(OC)[C@@H](OC(C)=O)/C=C/[C@@H]1C)O[Si](CC)(CC)CC. The fourth-order valence-electron chi connectivity index (χ4n) is 9.66. The molecule has 0 saturated carbocycles. The van der Waals surface area contributed by atoms with Gasteiger partial charge in [0.1, 0.15) is 17.8 Å². The zero-order valence-corrected chi connectivity index (χ0v) is 45.1. The molecule has 354 valence electrons. The summed E-state index contributed by atoms with van der Waals surface area (Å²) in [5, 5.41) is 0. The van der Waals surface area contributed by atoms with Crippen molar-refractivity contribution in [2.75, 3.05) is 7.11 Å². The van der Waals surface area contributed by atoms with Gasteiger partial charge in [0, 0.05) is 38.4 Å². The Balaban J connectivity index is 2.55. The maximum Gasteiger partial charge on any atom is 0.308 e. The molecule has 0 N–H and O–H groups in total. The molecular formula is C49H92O9Si3. The van der Waals surface area contributed by atoms with Crippen LogP contribution in [0.4, 0.5) is 0 Å². The molecule has 9 nitrogen and oxygen atoms in total. The molecule has 2 aliphatic rings. The van der Waals surface area contributed by atoms with E-state index in [0.29, 0.717) is 18.8 Å². The van der Waals surface area contributed by atoms with Gasteiger partial charge in [-0.15, -0.1) is 0 Å². The second kappa shape index (κ2) is 25.3. The lowest BCUT2D eigenvalue weighted by molar-refractivity contribution is -0.160. The minimum absolute atomic E-state index is 0.0936. The van der Waals surface area contributed by atoms with Crippen LogP contribution in [0, 0.1) is 11.8 Å². The summed E-state index contributed by atoms with van der Waals surface area (Å²) in [5.74, 6) is -0.575. The number of hydrogen-bond acceptors (Lipinski definition) is 9. The first-order valence-electron chi connectivity index (χ1n) is 24.4. The highest BCUT2D eigenvalue weighted by Crippen LogP contribution is 2.43. The molecule has 0 radical (unpaired) electrons. The van der Waals surface area contributed by atoms with Gasteiger partial charge in [0.15, 0.2) is 25.0 Å². The molecule has 2 aliphatic heterocycles. The number of ether oxygens (including phenoxy) is 4. The number of carbonyl (C=O) groups is 2. The second-order valence-corrected chi connectivity index (χ2v) is 33.0. The summed E-state index contributed by atoms with van der Waals surface area (Å²) in [5.41, 5.74) is -0.451. The summed E-state index contributed by atoms with van der Waals surface area (Å²) in [6.07, 6.45) is 12.2. The van der Waals surface area contributed by atoms with E-state index < -0.39 is 48.4 Å². The van der Waals surface area contributed by atoms with E-state index in [-0.39, 0.29) is 48.7 Å². The number of allylic oxidation sites excluding steroid dienone is 2. The summed E-state index contributed by atoms with van der Waals surface area (Å²) in [4.78, 5) is 26.4. The van der Waals surface area contributed by atoms with Crippen LogP contribution in [0.25, 0.3) is 0 Å². The Labute approximate surface area is 377 Å². The number of carbonyl (C=O) groups excluding carboxylic acids is 2. The van der Waals surface area contributed by atoms with Crippen molar-refractivity contribution in [1.29, 1.82) is 0 Å². The van der Waals surface area contributed by atoms with Gasteiger partial charge < -0.3 is 32.2 Å². The average Bonchev–Trinajstić information content (AvgIpc) is 4.02. The van der Waals surface area contributed by atoms with Crippen molar-refractivity contribution in [2.45, 2.75) is 245 Å². The zero-order valence-electron chi connectivity index (χ0n) is 42.1. The molecule has 0 aliphatic carbocycles. The van der Waals surface area contributed by atoms with Gasteiger partial charge in [-0.1, -0.05) is 107 Å². The van der Waals surface area contributed by atoms with Crippen LogP contribution in [0.5, 0.6) is 0 Å². The summed E-state index contributed by atoms with van der Waals surface area (Å²) < 4.78 is 46.3. The lowest BCUT2D eigenvalue weighted by atomic mass is 9.88. The molecule has 1 saturated heterocycles. The molecule has 10 atom stereocenters. The average molecular weight is 910 g/mol. The predicted molar refractivity (Wildman–Crippen MR) is 259 cm³/mol. The molecular weight excluding hydrogens is 817 g/mol. The number of cyclic esters (lactones) is 1. The van der Waals surface area contributed by atoms with Crippen LogP contribution >= 0.6 is 0 Å². The Morgan fingerprint density at radius 2 is 1.46 bits per heavy atom. The molecule has 2 heterocycles. The van der Waals surface area contributed by atoms with Crippen LogP contribution in [0.15, 0.2) is 36.0 Å². The maximum atomic E-state index is 14.0. The quantitative estimate of drug-likeness (QED) is 0.0291. The van der Waals surface area contributed by atoms with Crippen LogP contribution in [-0.4, -0.2) is 91.8 Å². The van der Waals surface area contributed by atoms with Crippen LogP contribution in [0.1, 0.15) is 143 Å². The number of methoxy groups -OCH3 is 1. The molecule has 61 heavy (non-hydrogen) atoms. The van der Waals surface area contributed by atoms with Gasteiger partial charge in [0.25, 0.3) is 0 Å². The van der Waals surface area contributed by atoms with E-state index in [9.17, 15) is 9.59 Å². The number of esters is 2. The normalized spacial score (nSPS) is 28.6. The third-order valence-corrected chi connectivity index (χ3v) is 29.2. The van der Waals surface area contributed by atoms with Crippen molar-refractivity contribution in [2.24, 2.45) is 11.8 Å². The van der Waals surface area contributed by atoms with Gasteiger partial charge in [-0.3, -0.25) is 9.59 Å². The third kappa shape index (κ3) is 15.6. The molecule has 2 rings (SSSR count). The van der Waals surface area contributed by atoms with E-state index in [0.717, 1.165) is 72.8 Å². The van der Waals surface area contributed by atoms with Gasteiger partial charge in [-0.2, -0.15) is 0 Å². The monoisotopic (exact) mass is 909 g/mol. The molecule has 12 heteroatoms. The highest BCUT2D eigenvalue weighted by Gasteiger charge is 2.51. The molecule has 0 bridgehead atoms. The summed E-state index contributed by atoms with van der Waals surface area (Å²) >= 11 is 0. The first-order valence-corrected chi connectivity index (χ1v) is 32.0. The predicted octanol–water partition coefficient (Wildman–Crippen LogP) is 12.9. The zero-order chi connectivity index (χ0) is 46.2. The first kappa shape index (κ1) is 55.7. The summed E-state index contributed by atoms with van der Waals surface area (Å²) in [6, 6.07) is 9.50. The maximum absolute atomic E-state index is 14.0. The van der Waals surface area contributed by atoms with Crippen LogP contribution < -0.4 is 0 Å². The summed E-state index contributed by atoms with van der Waals surface area (Å²) in [7, 11) is -4.20. The molecule has 0 spiro atoms. The topological polar surface area (TPSA) is 102 Å². The Morgan fingerprint density at radius 1 is 0.902 bits per heavy atom. The van der Waals surface area contributed by atoms with Gasteiger partial charge in [0.2, 0.25) is 0 Å². The first-order chi connectivity index (χ1) is 28.7. The highest BCUT2D eigenvalue weighted by molar-refractivity contribution is 6.74. The van der Waals surface area contributed by atoms with Crippen LogP contribution in [0.3, 0.4) is 0 Å². The Morgan fingerprint density at radius 3 is 1.95 bits per heavy atom. The molecule has 3 unspecified atom stereocenters. The van der Waals surface area contributed by atoms with Crippen molar-refractivity contribution >= 4 is 36.9 Å². The number of epoxide rings is 1. The smallest absolute Gasteiger partial charge is 0.308 e. The van der Waals surface area contributed by atoms with Gasteiger partial charge in [-0.05, 0) is 106 Å². The largest absolute Gasteiger partial charge is 0.457 e. The van der Waals surface area contributed by atoms with Crippen molar-refractivity contribution in [3.63, 3.8) is 0 Å².